The molecule has 3 heteroatoms. The fourth-order valence-corrected chi connectivity index (χ4v) is 3.13. The van der Waals surface area contributed by atoms with Crippen molar-refractivity contribution in [2.24, 2.45) is 0 Å². The van der Waals surface area contributed by atoms with Crippen molar-refractivity contribution in [1.82, 2.24) is 5.32 Å². The second-order valence-electron chi connectivity index (χ2n) is 5.21. The van der Waals surface area contributed by atoms with Crippen LogP contribution in [0.25, 0.3) is 0 Å². The molecule has 2 atom stereocenters. The Bertz CT molecular complexity index is 375. The minimum atomic E-state index is -0.832. The Morgan fingerprint density at radius 1 is 1.21 bits per heavy atom. The quantitative estimate of drug-likeness (QED) is 0.700. The van der Waals surface area contributed by atoms with Crippen molar-refractivity contribution in [2.45, 2.75) is 57.4 Å². The lowest BCUT2D eigenvalue weighted by Gasteiger charge is -2.12. The van der Waals surface area contributed by atoms with E-state index < -0.39 is 10.8 Å². The molecule has 0 heterocycles. The number of nitrogens with one attached hydrogen (secondary N) is 1. The van der Waals surface area contributed by atoms with E-state index in [0.717, 1.165) is 30.0 Å². The van der Waals surface area contributed by atoms with Gasteiger partial charge >= 0.3 is 0 Å². The number of unbranched alkanes of at least 4 members (excludes halogenated alkanes) is 1. The van der Waals surface area contributed by atoms with Gasteiger partial charge in [0.25, 0.3) is 0 Å². The molecule has 1 aromatic rings. The average molecular weight is 281 g/mol. The number of hydrogen-bond acceptors (Lipinski definition) is 2. The lowest BCUT2D eigenvalue weighted by atomic mass is 10.1. The van der Waals surface area contributed by atoms with Crippen LogP contribution >= 0.6 is 0 Å². The Hall–Kier alpha value is -0.670. The molecule has 2 unspecified atom stereocenters. The second kappa shape index (κ2) is 9.27. The first-order valence-corrected chi connectivity index (χ1v) is 8.63. The van der Waals surface area contributed by atoms with Crippen LogP contribution < -0.4 is 5.32 Å². The third-order valence-corrected chi connectivity index (χ3v) is 4.70. The zero-order valence-corrected chi connectivity index (χ0v) is 13.3. The highest BCUT2D eigenvalue weighted by Gasteiger charge is 2.04. The van der Waals surface area contributed by atoms with E-state index in [4.69, 9.17) is 0 Å². The van der Waals surface area contributed by atoms with Crippen LogP contribution in [0.5, 0.6) is 0 Å². The van der Waals surface area contributed by atoms with Crippen LogP contribution in [0.2, 0.25) is 0 Å². The Morgan fingerprint density at radius 3 is 2.53 bits per heavy atom. The lowest BCUT2D eigenvalue weighted by Crippen LogP contribution is -2.26. The van der Waals surface area contributed by atoms with E-state index in [1.54, 1.807) is 0 Å². The summed E-state index contributed by atoms with van der Waals surface area (Å²) < 4.78 is 12.1. The molecular formula is C16H27NOS. The highest BCUT2D eigenvalue weighted by molar-refractivity contribution is 7.85. The molecule has 108 valence electrons. The summed E-state index contributed by atoms with van der Waals surface area (Å²) in [6, 6.07) is 8.61. The van der Waals surface area contributed by atoms with Gasteiger partial charge in [0.2, 0.25) is 0 Å². The van der Waals surface area contributed by atoms with Crippen molar-refractivity contribution in [1.29, 1.82) is 0 Å². The molecule has 1 N–H and O–H groups in total. The summed E-state index contributed by atoms with van der Waals surface area (Å²) in [5, 5.41) is 3.48. The molecule has 0 fully saturated rings. The van der Waals surface area contributed by atoms with Crippen molar-refractivity contribution < 1.29 is 4.21 Å². The van der Waals surface area contributed by atoms with Gasteiger partial charge in [-0.2, -0.15) is 0 Å². The highest BCUT2D eigenvalue weighted by Crippen LogP contribution is 2.11. The zero-order chi connectivity index (χ0) is 14.1. The number of aryl methyl sites for hydroxylation is 1. The van der Waals surface area contributed by atoms with E-state index in [1.165, 1.54) is 18.4 Å². The Kier molecular flexibility index (Phi) is 7.99. The normalized spacial score (nSPS) is 14.3. The fourth-order valence-electron chi connectivity index (χ4n) is 1.98. The first kappa shape index (κ1) is 16.4. The molecule has 0 aliphatic rings. The van der Waals surface area contributed by atoms with Gasteiger partial charge in [0.05, 0.1) is 10.8 Å². The molecule has 0 spiro atoms. The summed E-state index contributed by atoms with van der Waals surface area (Å²) in [6.07, 6.45) is 4.54. The molecule has 1 rings (SSSR count). The van der Waals surface area contributed by atoms with E-state index in [2.05, 4.69) is 26.1 Å². The van der Waals surface area contributed by atoms with Crippen LogP contribution in [0.3, 0.4) is 0 Å². The summed E-state index contributed by atoms with van der Waals surface area (Å²) in [4.78, 5) is 0.961. The Labute approximate surface area is 120 Å². The van der Waals surface area contributed by atoms with Crippen LogP contribution in [0.15, 0.2) is 29.2 Å². The summed E-state index contributed by atoms with van der Waals surface area (Å²) in [6.45, 7) is 7.56. The monoisotopic (exact) mass is 281 g/mol. The van der Waals surface area contributed by atoms with E-state index in [-0.39, 0.29) is 0 Å². The van der Waals surface area contributed by atoms with E-state index in [9.17, 15) is 4.21 Å². The lowest BCUT2D eigenvalue weighted by molar-refractivity contribution is 0.495. The first-order valence-electron chi connectivity index (χ1n) is 7.32. The van der Waals surface area contributed by atoms with Crippen molar-refractivity contribution in [3.8, 4) is 0 Å². The smallest absolute Gasteiger partial charge is 0.0529 e. The number of hydrogen-bond donors (Lipinski definition) is 1. The predicted octanol–water partition coefficient (Wildman–Crippen LogP) is 3.66. The van der Waals surface area contributed by atoms with E-state index in [0.29, 0.717) is 6.04 Å². The molecule has 0 aliphatic carbocycles. The molecular weight excluding hydrogens is 254 g/mol. The average Bonchev–Trinajstić information content (AvgIpc) is 2.41. The number of benzene rings is 1. The third kappa shape index (κ3) is 6.88. The zero-order valence-electron chi connectivity index (χ0n) is 12.4. The summed E-state index contributed by atoms with van der Waals surface area (Å²) >= 11 is 0. The van der Waals surface area contributed by atoms with Gasteiger partial charge in [0.1, 0.15) is 0 Å². The van der Waals surface area contributed by atoms with E-state index in [1.807, 2.05) is 24.3 Å². The van der Waals surface area contributed by atoms with Crippen LogP contribution in [-0.2, 0) is 10.8 Å². The van der Waals surface area contributed by atoms with Crippen LogP contribution in [0.1, 0.15) is 45.1 Å². The molecule has 1 aromatic carbocycles. The van der Waals surface area contributed by atoms with Crippen molar-refractivity contribution in [2.75, 3.05) is 12.3 Å². The van der Waals surface area contributed by atoms with Gasteiger partial charge in [0.15, 0.2) is 0 Å². The number of rotatable bonds is 9. The Balaban J connectivity index is 2.18. The van der Waals surface area contributed by atoms with Crippen LogP contribution in [-0.4, -0.2) is 22.5 Å². The second-order valence-corrected chi connectivity index (χ2v) is 6.78. The summed E-state index contributed by atoms with van der Waals surface area (Å²) in [5.74, 6) is 0.781. The molecule has 0 radical (unpaired) electrons. The first-order chi connectivity index (χ1) is 9.13. The maximum Gasteiger partial charge on any atom is 0.0529 e. The van der Waals surface area contributed by atoms with Gasteiger partial charge in [-0.25, -0.2) is 0 Å². The molecule has 0 saturated heterocycles. The third-order valence-electron chi connectivity index (χ3n) is 3.24. The molecule has 0 aromatic heterocycles. The molecule has 19 heavy (non-hydrogen) atoms. The standard InChI is InChI=1S/C16H27NOS/c1-4-12-17-15(3)7-5-6-13-19(18)16-10-8-14(2)9-11-16/h8-11,15,17H,4-7,12-13H2,1-3H3. The van der Waals surface area contributed by atoms with Gasteiger partial charge in [-0.15, -0.1) is 0 Å². The fraction of sp³-hybridized carbons (Fsp3) is 0.625. The van der Waals surface area contributed by atoms with E-state index >= 15 is 0 Å². The summed E-state index contributed by atoms with van der Waals surface area (Å²) in [7, 11) is -0.832. The van der Waals surface area contributed by atoms with Gasteiger partial charge in [-0.1, -0.05) is 31.0 Å². The molecule has 0 aliphatic heterocycles. The topological polar surface area (TPSA) is 29.1 Å². The van der Waals surface area contributed by atoms with Crippen molar-refractivity contribution in [3.05, 3.63) is 29.8 Å². The molecule has 2 nitrogen and oxygen atoms in total. The van der Waals surface area contributed by atoms with Crippen LogP contribution in [0, 0.1) is 6.92 Å². The van der Waals surface area contributed by atoms with Gasteiger partial charge in [0, 0.05) is 16.7 Å². The molecule has 0 saturated carbocycles. The van der Waals surface area contributed by atoms with Crippen molar-refractivity contribution >= 4 is 10.8 Å². The van der Waals surface area contributed by atoms with Crippen LogP contribution in [0.4, 0.5) is 0 Å². The summed E-state index contributed by atoms with van der Waals surface area (Å²) in [5.41, 5.74) is 1.22. The minimum Gasteiger partial charge on any atom is -0.314 e. The van der Waals surface area contributed by atoms with Gasteiger partial charge in [-0.3, -0.25) is 4.21 Å². The van der Waals surface area contributed by atoms with Gasteiger partial charge in [-0.05, 0) is 51.8 Å². The largest absolute Gasteiger partial charge is 0.314 e. The maximum atomic E-state index is 12.1. The minimum absolute atomic E-state index is 0.577. The van der Waals surface area contributed by atoms with Gasteiger partial charge < -0.3 is 5.32 Å². The highest BCUT2D eigenvalue weighted by atomic mass is 32.2. The predicted molar refractivity (Wildman–Crippen MR) is 84.1 cm³/mol. The van der Waals surface area contributed by atoms with Crippen molar-refractivity contribution in [3.63, 3.8) is 0 Å². The maximum absolute atomic E-state index is 12.1. The SMILES string of the molecule is CCCNC(C)CCCCS(=O)c1ccc(C)cc1. The Morgan fingerprint density at radius 2 is 1.89 bits per heavy atom. The molecule has 0 amide bonds. The molecule has 0 bridgehead atoms.